The second-order valence-corrected chi connectivity index (χ2v) is 6.05. The van der Waals surface area contributed by atoms with Gasteiger partial charge in [-0.2, -0.15) is 0 Å². The SMILES string of the molecule is CCC(CC)N(CCOC)C1(CN)CC(C)N(C)C1. The van der Waals surface area contributed by atoms with Crippen molar-refractivity contribution in [3.63, 3.8) is 0 Å². The summed E-state index contributed by atoms with van der Waals surface area (Å²) in [5.41, 5.74) is 6.33. The topological polar surface area (TPSA) is 41.7 Å². The van der Waals surface area contributed by atoms with E-state index < -0.39 is 0 Å². The summed E-state index contributed by atoms with van der Waals surface area (Å²) < 4.78 is 5.32. The summed E-state index contributed by atoms with van der Waals surface area (Å²) in [6, 6.07) is 1.22. The molecule has 1 fully saturated rings. The first-order valence-corrected chi connectivity index (χ1v) is 7.70. The largest absolute Gasteiger partial charge is 0.383 e. The third-order valence-corrected chi connectivity index (χ3v) is 4.88. The highest BCUT2D eigenvalue weighted by atomic mass is 16.5. The molecule has 1 saturated heterocycles. The van der Waals surface area contributed by atoms with Gasteiger partial charge in [0.1, 0.15) is 0 Å². The maximum atomic E-state index is 6.20. The van der Waals surface area contributed by atoms with E-state index in [2.05, 4.69) is 37.6 Å². The smallest absolute Gasteiger partial charge is 0.0590 e. The molecular weight excluding hydrogens is 238 g/mol. The average Bonchev–Trinajstić information content (AvgIpc) is 2.71. The van der Waals surface area contributed by atoms with Gasteiger partial charge in [-0.15, -0.1) is 0 Å². The molecule has 114 valence electrons. The maximum absolute atomic E-state index is 6.20. The van der Waals surface area contributed by atoms with Crippen LogP contribution in [0.5, 0.6) is 0 Å². The van der Waals surface area contributed by atoms with E-state index in [0.717, 1.165) is 26.2 Å². The number of ether oxygens (including phenoxy) is 1. The van der Waals surface area contributed by atoms with E-state index in [-0.39, 0.29) is 5.54 Å². The Hall–Kier alpha value is -0.160. The van der Waals surface area contributed by atoms with E-state index in [4.69, 9.17) is 10.5 Å². The van der Waals surface area contributed by atoms with Gasteiger partial charge in [0.05, 0.1) is 6.61 Å². The van der Waals surface area contributed by atoms with Gasteiger partial charge < -0.3 is 15.4 Å². The Morgan fingerprint density at radius 3 is 2.42 bits per heavy atom. The second kappa shape index (κ2) is 7.58. The van der Waals surface area contributed by atoms with Gasteiger partial charge in [0.15, 0.2) is 0 Å². The lowest BCUT2D eigenvalue weighted by Crippen LogP contribution is -2.59. The van der Waals surface area contributed by atoms with Crippen molar-refractivity contribution >= 4 is 0 Å². The lowest BCUT2D eigenvalue weighted by Gasteiger charge is -2.45. The summed E-state index contributed by atoms with van der Waals surface area (Å²) in [6.07, 6.45) is 3.53. The first-order valence-electron chi connectivity index (χ1n) is 7.70. The van der Waals surface area contributed by atoms with Crippen molar-refractivity contribution in [3.8, 4) is 0 Å². The molecule has 4 heteroatoms. The summed E-state index contributed by atoms with van der Waals surface area (Å²) in [4.78, 5) is 5.07. The minimum absolute atomic E-state index is 0.128. The Morgan fingerprint density at radius 2 is 2.05 bits per heavy atom. The standard InChI is InChI=1S/C15H33N3O/c1-6-14(7-2)18(8-9-19-5)15(11-16)10-13(3)17(4)12-15/h13-14H,6-12,16H2,1-5H3. The number of likely N-dealkylation sites (N-methyl/N-ethyl adjacent to an activating group) is 1. The second-order valence-electron chi connectivity index (χ2n) is 6.05. The van der Waals surface area contributed by atoms with Crippen LogP contribution >= 0.6 is 0 Å². The molecule has 19 heavy (non-hydrogen) atoms. The molecule has 1 rings (SSSR count). The fraction of sp³-hybridized carbons (Fsp3) is 1.00. The molecule has 1 aliphatic rings. The van der Waals surface area contributed by atoms with E-state index >= 15 is 0 Å². The molecule has 1 aliphatic heterocycles. The molecule has 0 aromatic carbocycles. The number of likely N-dealkylation sites (tertiary alicyclic amines) is 1. The highest BCUT2D eigenvalue weighted by Gasteiger charge is 2.45. The quantitative estimate of drug-likeness (QED) is 0.727. The van der Waals surface area contributed by atoms with Crippen LogP contribution in [0.2, 0.25) is 0 Å². The van der Waals surface area contributed by atoms with Gasteiger partial charge in [0, 0.05) is 44.4 Å². The van der Waals surface area contributed by atoms with E-state index in [9.17, 15) is 0 Å². The zero-order valence-corrected chi connectivity index (χ0v) is 13.5. The van der Waals surface area contributed by atoms with Crippen molar-refractivity contribution in [3.05, 3.63) is 0 Å². The molecule has 0 amide bonds. The lowest BCUT2D eigenvalue weighted by molar-refractivity contribution is 0.0252. The molecule has 0 spiro atoms. The summed E-state index contributed by atoms with van der Waals surface area (Å²) in [6.45, 7) is 10.4. The molecule has 0 aromatic heterocycles. The van der Waals surface area contributed by atoms with E-state index in [1.165, 1.54) is 19.3 Å². The van der Waals surface area contributed by atoms with Crippen LogP contribution in [-0.2, 0) is 4.74 Å². The van der Waals surface area contributed by atoms with Crippen LogP contribution in [-0.4, -0.2) is 67.8 Å². The lowest BCUT2D eigenvalue weighted by atomic mass is 9.90. The van der Waals surface area contributed by atoms with Crippen LogP contribution in [0.25, 0.3) is 0 Å². The van der Waals surface area contributed by atoms with Gasteiger partial charge in [0.2, 0.25) is 0 Å². The first kappa shape index (κ1) is 16.9. The Morgan fingerprint density at radius 1 is 1.42 bits per heavy atom. The van der Waals surface area contributed by atoms with Crippen molar-refractivity contribution in [2.24, 2.45) is 5.73 Å². The minimum Gasteiger partial charge on any atom is -0.383 e. The number of hydrogen-bond donors (Lipinski definition) is 1. The highest BCUT2D eigenvalue weighted by Crippen LogP contribution is 2.33. The average molecular weight is 271 g/mol. The minimum atomic E-state index is 0.128. The highest BCUT2D eigenvalue weighted by molar-refractivity contribution is 5.04. The monoisotopic (exact) mass is 271 g/mol. The Labute approximate surface area is 119 Å². The maximum Gasteiger partial charge on any atom is 0.0590 e. The van der Waals surface area contributed by atoms with Crippen molar-refractivity contribution in [1.29, 1.82) is 0 Å². The van der Waals surface area contributed by atoms with Gasteiger partial charge in [-0.1, -0.05) is 13.8 Å². The molecule has 2 atom stereocenters. The summed E-state index contributed by atoms with van der Waals surface area (Å²) in [5, 5.41) is 0. The number of nitrogens with zero attached hydrogens (tertiary/aromatic N) is 2. The number of rotatable bonds is 8. The van der Waals surface area contributed by atoms with Crippen LogP contribution in [0.3, 0.4) is 0 Å². The third kappa shape index (κ3) is 3.69. The first-order chi connectivity index (χ1) is 9.04. The Bertz CT molecular complexity index is 246. The predicted molar refractivity (Wildman–Crippen MR) is 81.4 cm³/mol. The van der Waals surface area contributed by atoms with E-state index in [0.29, 0.717) is 12.1 Å². The van der Waals surface area contributed by atoms with Gasteiger partial charge >= 0.3 is 0 Å². The van der Waals surface area contributed by atoms with Crippen molar-refractivity contribution in [2.45, 2.75) is 57.7 Å². The normalized spacial score (nSPS) is 28.7. The van der Waals surface area contributed by atoms with Crippen LogP contribution in [0.4, 0.5) is 0 Å². The number of methoxy groups -OCH3 is 1. The molecular formula is C15H33N3O. The molecule has 2 unspecified atom stereocenters. The molecule has 4 nitrogen and oxygen atoms in total. The fourth-order valence-electron chi connectivity index (χ4n) is 3.59. The van der Waals surface area contributed by atoms with Gasteiger partial charge in [-0.3, -0.25) is 4.90 Å². The van der Waals surface area contributed by atoms with Crippen molar-refractivity contribution in [1.82, 2.24) is 9.80 Å². The van der Waals surface area contributed by atoms with Gasteiger partial charge in [-0.25, -0.2) is 0 Å². The molecule has 0 saturated carbocycles. The summed E-state index contributed by atoms with van der Waals surface area (Å²) >= 11 is 0. The van der Waals surface area contributed by atoms with Crippen molar-refractivity contribution in [2.75, 3.05) is 40.4 Å². The van der Waals surface area contributed by atoms with Gasteiger partial charge in [0.25, 0.3) is 0 Å². The van der Waals surface area contributed by atoms with E-state index in [1.807, 2.05) is 0 Å². The van der Waals surface area contributed by atoms with E-state index in [1.54, 1.807) is 7.11 Å². The van der Waals surface area contributed by atoms with Crippen LogP contribution in [0, 0.1) is 0 Å². The molecule has 0 aliphatic carbocycles. The van der Waals surface area contributed by atoms with Gasteiger partial charge in [-0.05, 0) is 33.2 Å². The van der Waals surface area contributed by atoms with Crippen molar-refractivity contribution < 1.29 is 4.74 Å². The Balaban J connectivity index is 2.92. The van der Waals surface area contributed by atoms with Crippen LogP contribution < -0.4 is 5.73 Å². The third-order valence-electron chi connectivity index (χ3n) is 4.88. The molecule has 1 heterocycles. The summed E-state index contributed by atoms with van der Waals surface area (Å²) in [7, 11) is 3.99. The number of hydrogen-bond acceptors (Lipinski definition) is 4. The predicted octanol–water partition coefficient (Wildman–Crippen LogP) is 1.54. The Kier molecular flexibility index (Phi) is 6.74. The molecule has 0 radical (unpaired) electrons. The zero-order valence-electron chi connectivity index (χ0n) is 13.5. The molecule has 0 aromatic rings. The zero-order chi connectivity index (χ0) is 14.5. The fourth-order valence-corrected chi connectivity index (χ4v) is 3.59. The molecule has 2 N–H and O–H groups in total. The molecule has 0 bridgehead atoms. The van der Waals surface area contributed by atoms with Crippen LogP contribution in [0.1, 0.15) is 40.0 Å². The number of nitrogens with two attached hydrogens (primary N) is 1. The summed E-state index contributed by atoms with van der Waals surface area (Å²) in [5.74, 6) is 0. The van der Waals surface area contributed by atoms with Crippen LogP contribution in [0.15, 0.2) is 0 Å².